The van der Waals surface area contributed by atoms with E-state index < -0.39 is 23.0 Å². The summed E-state index contributed by atoms with van der Waals surface area (Å²) in [6, 6.07) is 1.62. The lowest BCUT2D eigenvalue weighted by molar-refractivity contribution is -0.135. The van der Waals surface area contributed by atoms with Crippen LogP contribution in [0.2, 0.25) is 0 Å². The van der Waals surface area contributed by atoms with Crippen molar-refractivity contribution in [1.82, 2.24) is 15.5 Å². The lowest BCUT2D eigenvalue weighted by Gasteiger charge is -2.24. The molecule has 0 unspecified atom stereocenters. The Morgan fingerprint density at radius 2 is 2.09 bits per heavy atom. The molecule has 0 aromatic rings. The Balaban J connectivity index is 1.65. The monoisotopic (exact) mass is 304 g/mol. The molecule has 118 valence electrons. The Morgan fingerprint density at radius 3 is 2.64 bits per heavy atom. The Kier molecular flexibility index (Phi) is 3.35. The zero-order valence-electron chi connectivity index (χ0n) is 12.6. The first-order chi connectivity index (χ1) is 10.4. The van der Waals surface area contributed by atoms with Gasteiger partial charge in [0.1, 0.15) is 17.6 Å². The normalized spacial score (nSPS) is 25.7. The first-order valence-electron chi connectivity index (χ1n) is 7.77. The highest BCUT2D eigenvalue weighted by molar-refractivity contribution is 6.09. The number of imide groups is 1. The molecule has 1 atom stereocenters. The van der Waals surface area contributed by atoms with Crippen LogP contribution < -0.4 is 10.6 Å². The van der Waals surface area contributed by atoms with Gasteiger partial charge in [0.2, 0.25) is 5.91 Å². The molecule has 2 aliphatic carbocycles. The van der Waals surface area contributed by atoms with E-state index >= 15 is 0 Å². The molecular weight excluding hydrogens is 284 g/mol. The standard InChI is InChI=1S/C15H20N4O3/c1-14(9-16,10-4-5-10)17-11(20)8-19-12(21)15(18-13(19)22)6-2-3-7-15/h10H,2-8H2,1H3,(H,17,20)(H,18,22)/t14-/m0/s1. The summed E-state index contributed by atoms with van der Waals surface area (Å²) in [4.78, 5) is 37.6. The maximum Gasteiger partial charge on any atom is 0.325 e. The van der Waals surface area contributed by atoms with Crippen LogP contribution >= 0.6 is 0 Å². The molecule has 1 saturated heterocycles. The van der Waals surface area contributed by atoms with E-state index in [1.807, 2.05) is 0 Å². The Morgan fingerprint density at radius 1 is 1.45 bits per heavy atom. The summed E-state index contributed by atoms with van der Waals surface area (Å²) >= 11 is 0. The molecule has 22 heavy (non-hydrogen) atoms. The van der Waals surface area contributed by atoms with Crippen molar-refractivity contribution >= 4 is 17.8 Å². The summed E-state index contributed by atoms with van der Waals surface area (Å²) in [7, 11) is 0. The van der Waals surface area contributed by atoms with E-state index in [0.29, 0.717) is 12.8 Å². The molecule has 1 spiro atoms. The van der Waals surface area contributed by atoms with Crippen molar-refractivity contribution in [2.24, 2.45) is 5.92 Å². The zero-order chi connectivity index (χ0) is 16.0. The van der Waals surface area contributed by atoms with Gasteiger partial charge in [-0.1, -0.05) is 12.8 Å². The smallest absolute Gasteiger partial charge is 0.325 e. The van der Waals surface area contributed by atoms with E-state index in [-0.39, 0.29) is 18.4 Å². The third kappa shape index (κ3) is 2.32. The van der Waals surface area contributed by atoms with Gasteiger partial charge >= 0.3 is 6.03 Å². The maximum absolute atomic E-state index is 12.5. The minimum atomic E-state index is -0.915. The van der Waals surface area contributed by atoms with Crippen molar-refractivity contribution in [2.75, 3.05) is 6.54 Å². The fourth-order valence-electron chi connectivity index (χ4n) is 3.49. The molecule has 2 N–H and O–H groups in total. The second-order valence-corrected chi connectivity index (χ2v) is 6.75. The number of nitriles is 1. The molecule has 7 heteroatoms. The highest BCUT2D eigenvalue weighted by Gasteiger charge is 2.53. The highest BCUT2D eigenvalue weighted by atomic mass is 16.2. The number of hydrogen-bond donors (Lipinski definition) is 2. The number of amides is 4. The van der Waals surface area contributed by atoms with Crippen LogP contribution in [0.15, 0.2) is 0 Å². The van der Waals surface area contributed by atoms with Gasteiger partial charge in [-0.15, -0.1) is 0 Å². The molecule has 3 fully saturated rings. The van der Waals surface area contributed by atoms with Crippen LogP contribution in [0.5, 0.6) is 0 Å². The van der Waals surface area contributed by atoms with E-state index in [2.05, 4.69) is 16.7 Å². The number of carbonyl (C=O) groups excluding carboxylic acids is 3. The van der Waals surface area contributed by atoms with Gasteiger partial charge in [-0.2, -0.15) is 5.26 Å². The molecule has 7 nitrogen and oxygen atoms in total. The molecule has 0 aromatic heterocycles. The van der Waals surface area contributed by atoms with Gasteiger partial charge in [-0.3, -0.25) is 14.5 Å². The van der Waals surface area contributed by atoms with Gasteiger partial charge in [0.25, 0.3) is 5.91 Å². The van der Waals surface area contributed by atoms with Crippen molar-refractivity contribution in [2.45, 2.75) is 56.5 Å². The first-order valence-corrected chi connectivity index (χ1v) is 7.77. The van der Waals surface area contributed by atoms with Crippen LogP contribution in [0.3, 0.4) is 0 Å². The molecule has 3 aliphatic rings. The summed E-state index contributed by atoms with van der Waals surface area (Å²) in [6.45, 7) is 1.36. The molecule has 0 radical (unpaired) electrons. The molecular formula is C15H20N4O3. The largest absolute Gasteiger partial charge is 0.336 e. The first kappa shape index (κ1) is 14.8. The van der Waals surface area contributed by atoms with Gasteiger partial charge in [0.15, 0.2) is 0 Å². The van der Waals surface area contributed by atoms with Gasteiger partial charge in [-0.05, 0) is 38.5 Å². The SMILES string of the molecule is C[C@@](C#N)(NC(=O)CN1C(=O)NC2(CCCC2)C1=O)C1CC1. The minimum Gasteiger partial charge on any atom is -0.336 e. The van der Waals surface area contributed by atoms with Gasteiger partial charge in [0, 0.05) is 0 Å². The lowest BCUT2D eigenvalue weighted by atomic mass is 9.97. The van der Waals surface area contributed by atoms with Crippen LogP contribution in [-0.4, -0.2) is 40.4 Å². The van der Waals surface area contributed by atoms with Crippen LogP contribution in [0.4, 0.5) is 4.79 Å². The number of urea groups is 1. The van der Waals surface area contributed by atoms with Crippen LogP contribution in [0, 0.1) is 17.2 Å². The predicted molar refractivity (Wildman–Crippen MR) is 76.3 cm³/mol. The summed E-state index contributed by atoms with van der Waals surface area (Å²) < 4.78 is 0. The van der Waals surface area contributed by atoms with E-state index in [0.717, 1.165) is 30.6 Å². The average Bonchev–Trinajstić information content (AvgIpc) is 3.20. The van der Waals surface area contributed by atoms with Crippen molar-refractivity contribution in [3.63, 3.8) is 0 Å². The predicted octanol–water partition coefficient (Wildman–Crippen LogP) is 0.659. The molecule has 0 aromatic carbocycles. The van der Waals surface area contributed by atoms with E-state index in [1.54, 1.807) is 6.92 Å². The molecule has 4 amide bonds. The quantitative estimate of drug-likeness (QED) is 0.745. The summed E-state index contributed by atoms with van der Waals surface area (Å²) in [5.74, 6) is -0.615. The average molecular weight is 304 g/mol. The zero-order valence-corrected chi connectivity index (χ0v) is 12.6. The van der Waals surface area contributed by atoms with Crippen LogP contribution in [0.1, 0.15) is 45.4 Å². The second kappa shape index (κ2) is 4.97. The van der Waals surface area contributed by atoms with Gasteiger partial charge in [0.05, 0.1) is 6.07 Å². The molecule has 2 saturated carbocycles. The molecule has 1 aliphatic heterocycles. The van der Waals surface area contributed by atoms with Crippen LogP contribution in [0.25, 0.3) is 0 Å². The molecule has 3 rings (SSSR count). The number of rotatable bonds is 4. The van der Waals surface area contributed by atoms with Crippen molar-refractivity contribution < 1.29 is 14.4 Å². The molecule has 0 bridgehead atoms. The second-order valence-electron chi connectivity index (χ2n) is 6.75. The number of carbonyl (C=O) groups is 3. The van der Waals surface area contributed by atoms with Crippen molar-refractivity contribution in [1.29, 1.82) is 5.26 Å². The van der Waals surface area contributed by atoms with Crippen molar-refractivity contribution in [3.8, 4) is 6.07 Å². The van der Waals surface area contributed by atoms with Crippen LogP contribution in [-0.2, 0) is 9.59 Å². The van der Waals surface area contributed by atoms with Gasteiger partial charge in [-0.25, -0.2) is 4.79 Å². The van der Waals surface area contributed by atoms with E-state index in [4.69, 9.17) is 0 Å². The van der Waals surface area contributed by atoms with Crippen molar-refractivity contribution in [3.05, 3.63) is 0 Å². The topological polar surface area (TPSA) is 102 Å². The Hall–Kier alpha value is -2.10. The third-order valence-electron chi connectivity index (χ3n) is 5.03. The fourth-order valence-corrected chi connectivity index (χ4v) is 3.49. The highest BCUT2D eigenvalue weighted by Crippen LogP contribution is 2.39. The lowest BCUT2D eigenvalue weighted by Crippen LogP contribution is -2.51. The number of nitrogens with zero attached hydrogens (tertiary/aromatic N) is 2. The Labute approximate surface area is 129 Å². The summed E-state index contributed by atoms with van der Waals surface area (Å²) in [5.41, 5.74) is -1.71. The summed E-state index contributed by atoms with van der Waals surface area (Å²) in [5, 5.41) is 14.7. The number of nitrogens with one attached hydrogen (secondary N) is 2. The van der Waals surface area contributed by atoms with Gasteiger partial charge < -0.3 is 10.6 Å². The van der Waals surface area contributed by atoms with E-state index in [9.17, 15) is 19.6 Å². The fraction of sp³-hybridized carbons (Fsp3) is 0.733. The summed E-state index contributed by atoms with van der Waals surface area (Å²) in [6.07, 6.45) is 4.90. The maximum atomic E-state index is 12.5. The van der Waals surface area contributed by atoms with E-state index in [1.165, 1.54) is 0 Å². The third-order valence-corrected chi connectivity index (χ3v) is 5.03. The Bertz CT molecular complexity index is 572. The number of hydrogen-bond acceptors (Lipinski definition) is 4. The minimum absolute atomic E-state index is 0.158. The molecule has 1 heterocycles.